The highest BCUT2D eigenvalue weighted by Gasteiger charge is 2.23. The molecular weight excluding hydrogens is 472 g/mol. The van der Waals surface area contributed by atoms with Gasteiger partial charge in [0.25, 0.3) is 11.6 Å². The largest absolute Gasteiger partial charge is 0.378 e. The maximum absolute atomic E-state index is 12.8. The molecule has 0 atom stereocenters. The van der Waals surface area contributed by atoms with E-state index in [4.69, 9.17) is 4.74 Å². The summed E-state index contributed by atoms with van der Waals surface area (Å²) in [6.45, 7) is 2.15. The molecule has 0 unspecified atom stereocenters. The van der Waals surface area contributed by atoms with E-state index in [9.17, 15) is 14.9 Å². The Balaban J connectivity index is 1.26. The van der Waals surface area contributed by atoms with E-state index >= 15 is 0 Å². The minimum absolute atomic E-state index is 0.103. The van der Waals surface area contributed by atoms with Gasteiger partial charge >= 0.3 is 0 Å². The Morgan fingerprint density at radius 1 is 0.919 bits per heavy atom. The minimum atomic E-state index is -0.460. The molecule has 0 spiro atoms. The molecule has 1 aliphatic rings. The molecule has 0 aliphatic carbocycles. The SMILES string of the molecule is O=C(Nc1ccc(Nc2cc(-c3ccccc3)ncn2)cc1)c1ccc(N2CCOCC2)c([N+](=O)[O-])c1. The molecule has 1 aliphatic heterocycles. The molecule has 10 heteroatoms. The van der Waals surface area contributed by atoms with Crippen LogP contribution in [-0.4, -0.2) is 47.1 Å². The van der Waals surface area contributed by atoms with Gasteiger partial charge in [0.2, 0.25) is 0 Å². The molecule has 2 heterocycles. The number of nitro groups is 1. The summed E-state index contributed by atoms with van der Waals surface area (Å²) in [4.78, 5) is 34.6. The minimum Gasteiger partial charge on any atom is -0.378 e. The number of amides is 1. The molecule has 3 aromatic carbocycles. The molecule has 0 saturated carbocycles. The Morgan fingerprint density at radius 2 is 1.65 bits per heavy atom. The maximum Gasteiger partial charge on any atom is 0.293 e. The third kappa shape index (κ3) is 5.71. The highest BCUT2D eigenvalue weighted by Crippen LogP contribution is 2.30. The number of ether oxygens (including phenoxy) is 1. The van der Waals surface area contributed by atoms with Gasteiger partial charge in [-0.05, 0) is 36.4 Å². The van der Waals surface area contributed by atoms with Gasteiger partial charge in [-0.25, -0.2) is 9.97 Å². The van der Waals surface area contributed by atoms with Crippen molar-refractivity contribution < 1.29 is 14.5 Å². The van der Waals surface area contributed by atoms with E-state index in [0.29, 0.717) is 43.5 Å². The zero-order valence-corrected chi connectivity index (χ0v) is 19.8. The molecule has 4 aromatic rings. The van der Waals surface area contributed by atoms with E-state index in [-0.39, 0.29) is 11.3 Å². The first-order valence-corrected chi connectivity index (χ1v) is 11.7. The normalized spacial score (nSPS) is 13.1. The van der Waals surface area contributed by atoms with Gasteiger partial charge in [-0.3, -0.25) is 14.9 Å². The van der Waals surface area contributed by atoms with E-state index in [1.165, 1.54) is 12.4 Å². The van der Waals surface area contributed by atoms with E-state index in [0.717, 1.165) is 16.9 Å². The molecule has 1 saturated heterocycles. The highest BCUT2D eigenvalue weighted by molar-refractivity contribution is 6.05. The monoisotopic (exact) mass is 496 g/mol. The van der Waals surface area contributed by atoms with Gasteiger partial charge in [-0.2, -0.15) is 0 Å². The Bertz CT molecular complexity index is 1410. The van der Waals surface area contributed by atoms with Crippen LogP contribution in [0.15, 0.2) is 85.2 Å². The van der Waals surface area contributed by atoms with Gasteiger partial charge in [0.05, 0.1) is 23.8 Å². The molecule has 5 rings (SSSR count). The average Bonchev–Trinajstić information content (AvgIpc) is 2.95. The van der Waals surface area contributed by atoms with Crippen molar-refractivity contribution in [2.75, 3.05) is 41.8 Å². The fourth-order valence-electron chi connectivity index (χ4n) is 4.06. The van der Waals surface area contributed by atoms with Crippen molar-refractivity contribution in [3.8, 4) is 11.3 Å². The van der Waals surface area contributed by atoms with E-state index in [1.807, 2.05) is 53.4 Å². The number of carbonyl (C=O) groups is 1. The van der Waals surface area contributed by atoms with Gasteiger partial charge < -0.3 is 20.3 Å². The average molecular weight is 497 g/mol. The molecular formula is C27H24N6O4. The van der Waals surface area contributed by atoms with Crippen LogP contribution in [0.2, 0.25) is 0 Å². The summed E-state index contributed by atoms with van der Waals surface area (Å²) < 4.78 is 5.33. The lowest BCUT2D eigenvalue weighted by molar-refractivity contribution is -0.384. The van der Waals surface area contributed by atoms with Crippen LogP contribution >= 0.6 is 0 Å². The summed E-state index contributed by atoms with van der Waals surface area (Å²) in [5, 5.41) is 17.7. The lowest BCUT2D eigenvalue weighted by Crippen LogP contribution is -2.36. The Kier molecular flexibility index (Phi) is 7.00. The number of nitrogens with zero attached hydrogens (tertiary/aromatic N) is 4. The summed E-state index contributed by atoms with van der Waals surface area (Å²) in [6, 6.07) is 23.3. The quantitative estimate of drug-likeness (QED) is 0.274. The smallest absolute Gasteiger partial charge is 0.293 e. The molecule has 37 heavy (non-hydrogen) atoms. The van der Waals surface area contributed by atoms with Crippen LogP contribution in [0.5, 0.6) is 0 Å². The number of carbonyl (C=O) groups excluding carboxylic acids is 1. The topological polar surface area (TPSA) is 123 Å². The number of hydrogen-bond donors (Lipinski definition) is 2. The Labute approximate surface area is 213 Å². The van der Waals surface area contributed by atoms with Crippen LogP contribution in [0.25, 0.3) is 11.3 Å². The van der Waals surface area contributed by atoms with Crippen molar-refractivity contribution in [3.63, 3.8) is 0 Å². The predicted molar refractivity (Wildman–Crippen MR) is 141 cm³/mol. The van der Waals surface area contributed by atoms with Crippen molar-refractivity contribution in [2.45, 2.75) is 0 Å². The van der Waals surface area contributed by atoms with E-state index in [1.54, 1.807) is 24.3 Å². The zero-order chi connectivity index (χ0) is 25.6. The summed E-state index contributed by atoms with van der Waals surface area (Å²) >= 11 is 0. The number of morpholine rings is 1. The third-order valence-electron chi connectivity index (χ3n) is 5.94. The van der Waals surface area contributed by atoms with Crippen LogP contribution in [0, 0.1) is 10.1 Å². The lowest BCUT2D eigenvalue weighted by atomic mass is 10.1. The number of rotatable bonds is 7. The lowest BCUT2D eigenvalue weighted by Gasteiger charge is -2.28. The second kappa shape index (κ2) is 10.8. The fraction of sp³-hybridized carbons (Fsp3) is 0.148. The van der Waals surface area contributed by atoms with Crippen molar-refractivity contribution in [2.24, 2.45) is 0 Å². The summed E-state index contributed by atoms with van der Waals surface area (Å²) in [6.07, 6.45) is 1.50. The van der Waals surface area contributed by atoms with Crippen LogP contribution < -0.4 is 15.5 Å². The standard InChI is InChI=1S/C27H24N6O4/c34-27(20-6-11-24(25(16-20)33(35)36)32-12-14-37-15-13-32)31-22-9-7-21(8-10-22)30-26-17-23(28-18-29-26)19-4-2-1-3-5-19/h1-11,16-18H,12-15H2,(H,31,34)(H,28,29,30). The van der Waals surface area contributed by atoms with Crippen molar-refractivity contribution in [3.05, 3.63) is 101 Å². The molecule has 1 amide bonds. The Hall–Kier alpha value is -4.83. The van der Waals surface area contributed by atoms with Gasteiger partial charge in [0, 0.05) is 47.7 Å². The maximum atomic E-state index is 12.8. The number of nitro benzene ring substituents is 1. The van der Waals surface area contributed by atoms with E-state index in [2.05, 4.69) is 20.6 Å². The highest BCUT2D eigenvalue weighted by atomic mass is 16.6. The molecule has 2 N–H and O–H groups in total. The van der Waals surface area contributed by atoms with Gasteiger partial charge in [0.15, 0.2) is 0 Å². The molecule has 0 bridgehead atoms. The van der Waals surface area contributed by atoms with Crippen molar-refractivity contribution in [1.29, 1.82) is 0 Å². The molecule has 1 aromatic heterocycles. The number of aromatic nitrogens is 2. The molecule has 1 fully saturated rings. The molecule has 186 valence electrons. The zero-order valence-electron chi connectivity index (χ0n) is 19.8. The van der Waals surface area contributed by atoms with Crippen LogP contribution in [0.1, 0.15) is 10.4 Å². The van der Waals surface area contributed by atoms with E-state index < -0.39 is 10.8 Å². The van der Waals surface area contributed by atoms with Crippen LogP contribution in [-0.2, 0) is 4.74 Å². The number of nitrogens with one attached hydrogen (secondary N) is 2. The first kappa shape index (κ1) is 23.9. The van der Waals surface area contributed by atoms with Crippen molar-refractivity contribution >= 4 is 34.5 Å². The second-order valence-electron chi connectivity index (χ2n) is 8.37. The predicted octanol–water partition coefficient (Wildman–Crippen LogP) is 4.88. The molecule has 10 nitrogen and oxygen atoms in total. The number of hydrogen-bond acceptors (Lipinski definition) is 8. The summed E-state index contributed by atoms with van der Waals surface area (Å²) in [5.41, 5.74) is 3.72. The van der Waals surface area contributed by atoms with Gasteiger partial charge in [0.1, 0.15) is 17.8 Å². The van der Waals surface area contributed by atoms with Crippen LogP contribution in [0.4, 0.5) is 28.6 Å². The first-order valence-electron chi connectivity index (χ1n) is 11.7. The second-order valence-corrected chi connectivity index (χ2v) is 8.37. The van der Waals surface area contributed by atoms with Crippen molar-refractivity contribution in [1.82, 2.24) is 9.97 Å². The van der Waals surface area contributed by atoms with Crippen LogP contribution in [0.3, 0.4) is 0 Å². The third-order valence-corrected chi connectivity index (χ3v) is 5.94. The summed E-state index contributed by atoms with van der Waals surface area (Å²) in [5.74, 6) is 0.207. The Morgan fingerprint density at radius 3 is 2.38 bits per heavy atom. The first-order chi connectivity index (χ1) is 18.1. The molecule has 0 radical (unpaired) electrons. The summed E-state index contributed by atoms with van der Waals surface area (Å²) in [7, 11) is 0. The number of anilines is 4. The fourth-order valence-corrected chi connectivity index (χ4v) is 4.06. The van der Waals surface area contributed by atoms with Gasteiger partial charge in [-0.15, -0.1) is 0 Å². The number of benzene rings is 3. The van der Waals surface area contributed by atoms with Gasteiger partial charge in [-0.1, -0.05) is 30.3 Å².